The number of guanidine groups is 1. The van der Waals surface area contributed by atoms with Crippen molar-refractivity contribution in [3.05, 3.63) is 28.7 Å². The van der Waals surface area contributed by atoms with E-state index in [1.165, 1.54) is 4.90 Å². The molecule has 0 fully saturated rings. The summed E-state index contributed by atoms with van der Waals surface area (Å²) >= 11 is 3.48. The summed E-state index contributed by atoms with van der Waals surface area (Å²) in [5, 5.41) is 6.46. The number of benzene rings is 1. The number of hydrogen-bond acceptors (Lipinski definition) is 4. The van der Waals surface area contributed by atoms with Crippen LogP contribution in [0.15, 0.2) is 33.7 Å². The van der Waals surface area contributed by atoms with Crippen LogP contribution in [0.3, 0.4) is 0 Å². The molecule has 1 unspecified atom stereocenters. The van der Waals surface area contributed by atoms with Gasteiger partial charge in [0.05, 0.1) is 11.0 Å². The molecule has 1 atom stereocenters. The lowest BCUT2D eigenvalue weighted by atomic mass is 10.3. The molecule has 2 N–H and O–H groups in total. The van der Waals surface area contributed by atoms with Crippen LogP contribution in [-0.2, 0) is 9.53 Å². The van der Waals surface area contributed by atoms with Crippen LogP contribution in [-0.4, -0.2) is 69.8 Å². The van der Waals surface area contributed by atoms with Gasteiger partial charge in [0, 0.05) is 33.9 Å². The number of nitrogens with one attached hydrogen (secondary N) is 2. The highest BCUT2D eigenvalue weighted by Gasteiger charge is 2.09. The number of ether oxygens (including phenoxy) is 2. The Kier molecular flexibility index (Phi) is 11.5. The van der Waals surface area contributed by atoms with Crippen molar-refractivity contribution in [1.29, 1.82) is 0 Å². The number of amides is 1. The highest BCUT2D eigenvalue weighted by molar-refractivity contribution is 9.10. The van der Waals surface area contributed by atoms with E-state index < -0.39 is 0 Å². The number of hydrogen-bond donors (Lipinski definition) is 2. The molecule has 0 saturated heterocycles. The maximum atomic E-state index is 11.8. The lowest BCUT2D eigenvalue weighted by molar-refractivity contribution is -0.127. The average Bonchev–Trinajstić information content (AvgIpc) is 2.64. The van der Waals surface area contributed by atoms with Crippen molar-refractivity contribution in [2.24, 2.45) is 4.99 Å². The summed E-state index contributed by atoms with van der Waals surface area (Å²) in [6.45, 7) is 6.70. The summed E-state index contributed by atoms with van der Waals surface area (Å²) in [4.78, 5) is 17.7. The molecule has 8 heteroatoms. The Labute approximate surface area is 170 Å². The molecule has 0 aromatic heterocycles. The fourth-order valence-corrected chi connectivity index (χ4v) is 2.41. The van der Waals surface area contributed by atoms with Crippen LogP contribution in [0.25, 0.3) is 0 Å². The molecule has 0 radical (unpaired) electrons. The Morgan fingerprint density at radius 1 is 1.30 bits per heavy atom. The predicted molar refractivity (Wildman–Crippen MR) is 112 cm³/mol. The molecule has 27 heavy (non-hydrogen) atoms. The Balaban J connectivity index is 2.54. The zero-order chi connectivity index (χ0) is 20.1. The van der Waals surface area contributed by atoms with Crippen LogP contribution in [0, 0.1) is 0 Å². The number of nitrogens with zero attached hydrogens (tertiary/aromatic N) is 2. The molecule has 0 spiro atoms. The molecule has 0 aliphatic carbocycles. The minimum atomic E-state index is -0.0799. The Hall–Kier alpha value is -1.80. The number of rotatable bonds is 11. The monoisotopic (exact) mass is 442 g/mol. The van der Waals surface area contributed by atoms with E-state index in [1.54, 1.807) is 14.1 Å². The average molecular weight is 443 g/mol. The van der Waals surface area contributed by atoms with Crippen LogP contribution in [0.1, 0.15) is 20.3 Å². The van der Waals surface area contributed by atoms with Crippen molar-refractivity contribution in [3.63, 3.8) is 0 Å². The van der Waals surface area contributed by atoms with Gasteiger partial charge < -0.3 is 25.0 Å². The van der Waals surface area contributed by atoms with Gasteiger partial charge in [0.15, 0.2) is 5.96 Å². The molecule has 0 aliphatic rings. The number of halogens is 1. The Bertz CT molecular complexity index is 596. The molecule has 0 heterocycles. The minimum absolute atomic E-state index is 0.0528. The Morgan fingerprint density at radius 2 is 2.04 bits per heavy atom. The van der Waals surface area contributed by atoms with Gasteiger partial charge in [-0.2, -0.15) is 0 Å². The number of carbonyl (C=O) groups excluding carboxylic acids is 1. The number of carbonyl (C=O) groups is 1. The van der Waals surface area contributed by atoms with Gasteiger partial charge in [-0.1, -0.05) is 12.1 Å². The van der Waals surface area contributed by atoms with Gasteiger partial charge >= 0.3 is 0 Å². The quantitative estimate of drug-likeness (QED) is 0.312. The number of likely N-dealkylation sites (N-methyl/N-ethyl adjacent to an activating group) is 1. The molecule has 1 rings (SSSR count). The molecule has 1 amide bonds. The van der Waals surface area contributed by atoms with E-state index in [4.69, 9.17) is 9.47 Å². The first-order valence-electron chi connectivity index (χ1n) is 9.15. The van der Waals surface area contributed by atoms with Crippen LogP contribution in [0.2, 0.25) is 0 Å². The van der Waals surface area contributed by atoms with E-state index in [-0.39, 0.29) is 18.6 Å². The van der Waals surface area contributed by atoms with E-state index in [2.05, 4.69) is 31.6 Å². The minimum Gasteiger partial charge on any atom is -0.488 e. The third-order valence-electron chi connectivity index (χ3n) is 3.56. The van der Waals surface area contributed by atoms with Crippen molar-refractivity contribution in [3.8, 4) is 5.75 Å². The molecule has 0 aliphatic heterocycles. The zero-order valence-corrected chi connectivity index (χ0v) is 18.2. The third kappa shape index (κ3) is 10.2. The summed E-state index contributed by atoms with van der Waals surface area (Å²) in [5.41, 5.74) is 0. The van der Waals surface area contributed by atoms with Gasteiger partial charge in [0.25, 0.3) is 0 Å². The number of aliphatic imine (C=N–C) groups is 1. The van der Waals surface area contributed by atoms with Gasteiger partial charge in [-0.15, -0.1) is 0 Å². The highest BCUT2D eigenvalue weighted by atomic mass is 79.9. The molecule has 0 bridgehead atoms. The first-order valence-corrected chi connectivity index (χ1v) is 9.94. The van der Waals surface area contributed by atoms with E-state index in [1.807, 2.05) is 38.1 Å². The topological polar surface area (TPSA) is 75.2 Å². The summed E-state index contributed by atoms with van der Waals surface area (Å²) in [6.07, 6.45) is 0.780. The van der Waals surface area contributed by atoms with Gasteiger partial charge in [-0.25, -0.2) is 4.99 Å². The van der Waals surface area contributed by atoms with Gasteiger partial charge in [0.2, 0.25) is 5.91 Å². The maximum Gasteiger partial charge on any atom is 0.243 e. The van der Waals surface area contributed by atoms with E-state index >= 15 is 0 Å². The van der Waals surface area contributed by atoms with Crippen molar-refractivity contribution < 1.29 is 14.3 Å². The first-order chi connectivity index (χ1) is 12.9. The SMILES string of the molecule is CCOCCCNC(=NCC(=O)N(C)C)NCC(C)Oc1ccccc1Br. The van der Waals surface area contributed by atoms with Crippen LogP contribution in [0.4, 0.5) is 0 Å². The molecule has 1 aromatic rings. The van der Waals surface area contributed by atoms with Crippen molar-refractivity contribution in [1.82, 2.24) is 15.5 Å². The maximum absolute atomic E-state index is 11.8. The molecular weight excluding hydrogens is 412 g/mol. The summed E-state index contributed by atoms with van der Waals surface area (Å²) in [5.74, 6) is 1.32. The normalized spacial score (nSPS) is 12.4. The standard InChI is InChI=1S/C19H31BrN4O3/c1-5-26-12-8-11-21-19(23-14-18(25)24(3)4)22-13-15(2)27-17-10-7-6-9-16(17)20/h6-7,9-10,15H,5,8,11-14H2,1-4H3,(H2,21,22,23). The second kappa shape index (κ2) is 13.4. The van der Waals surface area contributed by atoms with Crippen LogP contribution < -0.4 is 15.4 Å². The second-order valence-corrected chi connectivity index (χ2v) is 7.02. The molecular formula is C19H31BrN4O3. The third-order valence-corrected chi connectivity index (χ3v) is 4.21. The van der Waals surface area contributed by atoms with E-state index in [0.29, 0.717) is 32.3 Å². The lowest BCUT2D eigenvalue weighted by Crippen LogP contribution is -2.43. The smallest absolute Gasteiger partial charge is 0.243 e. The molecule has 1 aromatic carbocycles. The summed E-state index contributed by atoms with van der Waals surface area (Å²) in [7, 11) is 3.43. The van der Waals surface area contributed by atoms with Crippen molar-refractivity contribution in [2.75, 3.05) is 46.9 Å². The van der Waals surface area contributed by atoms with Crippen molar-refractivity contribution >= 4 is 27.8 Å². The fourth-order valence-electron chi connectivity index (χ4n) is 2.03. The lowest BCUT2D eigenvalue weighted by Gasteiger charge is -2.19. The van der Waals surface area contributed by atoms with Crippen LogP contribution >= 0.6 is 15.9 Å². The van der Waals surface area contributed by atoms with Gasteiger partial charge in [-0.05, 0) is 48.3 Å². The number of para-hydroxylation sites is 1. The predicted octanol–water partition coefficient (Wildman–Crippen LogP) is 2.27. The largest absolute Gasteiger partial charge is 0.488 e. The second-order valence-electron chi connectivity index (χ2n) is 6.17. The van der Waals surface area contributed by atoms with Crippen LogP contribution in [0.5, 0.6) is 5.75 Å². The summed E-state index contributed by atoms with van der Waals surface area (Å²) < 4.78 is 12.2. The molecule has 0 saturated carbocycles. The fraction of sp³-hybridized carbons (Fsp3) is 0.579. The van der Waals surface area contributed by atoms with Gasteiger partial charge in [0.1, 0.15) is 18.4 Å². The summed E-state index contributed by atoms with van der Waals surface area (Å²) in [6, 6.07) is 7.73. The molecule has 7 nitrogen and oxygen atoms in total. The van der Waals surface area contributed by atoms with E-state index in [9.17, 15) is 4.79 Å². The highest BCUT2D eigenvalue weighted by Crippen LogP contribution is 2.24. The van der Waals surface area contributed by atoms with Gasteiger partial charge in [-0.3, -0.25) is 4.79 Å². The molecule has 152 valence electrons. The first kappa shape index (κ1) is 23.2. The van der Waals surface area contributed by atoms with Crippen molar-refractivity contribution in [2.45, 2.75) is 26.4 Å². The Morgan fingerprint density at radius 3 is 2.70 bits per heavy atom. The zero-order valence-electron chi connectivity index (χ0n) is 16.6. The van der Waals surface area contributed by atoms with E-state index in [0.717, 1.165) is 16.6 Å².